The zero-order chi connectivity index (χ0) is 15.5. The number of nitrogens with zero attached hydrogens (tertiary/aromatic N) is 1. The third kappa shape index (κ3) is 6.55. The van der Waals surface area contributed by atoms with E-state index in [2.05, 4.69) is 19.2 Å². The van der Waals surface area contributed by atoms with Crippen LogP contribution in [0.2, 0.25) is 0 Å². The second-order valence-corrected chi connectivity index (χ2v) is 4.69. The number of hydrogen-bond donors (Lipinski definition) is 1. The molecule has 0 aromatic heterocycles. The highest BCUT2D eigenvalue weighted by Gasteiger charge is 2.11. The molecule has 0 aliphatic rings. The molecular formula is C15H24N2O4. The summed E-state index contributed by atoms with van der Waals surface area (Å²) >= 11 is 0. The van der Waals surface area contributed by atoms with Crippen molar-refractivity contribution in [2.45, 2.75) is 33.2 Å². The van der Waals surface area contributed by atoms with Crippen molar-refractivity contribution in [3.8, 4) is 5.75 Å². The van der Waals surface area contributed by atoms with Gasteiger partial charge in [0, 0.05) is 30.8 Å². The first-order valence-corrected chi connectivity index (χ1v) is 7.37. The monoisotopic (exact) mass is 296 g/mol. The van der Waals surface area contributed by atoms with Gasteiger partial charge in [0.25, 0.3) is 5.69 Å². The van der Waals surface area contributed by atoms with Crippen molar-refractivity contribution in [2.75, 3.05) is 26.4 Å². The molecule has 0 atom stereocenters. The summed E-state index contributed by atoms with van der Waals surface area (Å²) in [5, 5.41) is 14.1. The number of hydrogen-bond acceptors (Lipinski definition) is 5. The highest BCUT2D eigenvalue weighted by Crippen LogP contribution is 2.24. The van der Waals surface area contributed by atoms with Crippen LogP contribution in [0.3, 0.4) is 0 Å². The molecule has 0 fully saturated rings. The molecule has 0 radical (unpaired) electrons. The summed E-state index contributed by atoms with van der Waals surface area (Å²) in [7, 11) is 0. The van der Waals surface area contributed by atoms with E-state index < -0.39 is 4.92 Å². The number of nitro benzene ring substituents is 1. The van der Waals surface area contributed by atoms with Gasteiger partial charge in [0.05, 0.1) is 11.5 Å². The van der Waals surface area contributed by atoms with Gasteiger partial charge < -0.3 is 14.8 Å². The fourth-order valence-corrected chi connectivity index (χ4v) is 1.82. The molecule has 0 saturated heterocycles. The topological polar surface area (TPSA) is 73.6 Å². The van der Waals surface area contributed by atoms with Gasteiger partial charge in [-0.25, -0.2) is 0 Å². The van der Waals surface area contributed by atoms with Crippen LogP contribution in [-0.4, -0.2) is 31.3 Å². The fourth-order valence-electron chi connectivity index (χ4n) is 1.82. The van der Waals surface area contributed by atoms with Gasteiger partial charge in [-0.05, 0) is 25.5 Å². The predicted octanol–water partition coefficient (Wildman–Crippen LogP) is 2.90. The zero-order valence-corrected chi connectivity index (χ0v) is 12.8. The largest absolute Gasteiger partial charge is 0.491 e. The van der Waals surface area contributed by atoms with Crippen LogP contribution in [0.25, 0.3) is 0 Å². The maximum Gasteiger partial charge on any atom is 0.270 e. The highest BCUT2D eigenvalue weighted by molar-refractivity contribution is 5.43. The standard InChI is InChI=1S/C15H24N2O4/c1-3-7-16-12-13-11-14(17(18)19)5-6-15(13)21-10-9-20-8-4-2/h5-6,11,16H,3-4,7-10,12H2,1-2H3. The molecule has 0 unspecified atom stereocenters. The molecule has 0 saturated carbocycles. The molecule has 1 rings (SSSR count). The summed E-state index contributed by atoms with van der Waals surface area (Å²) in [5.41, 5.74) is 0.881. The first-order valence-electron chi connectivity index (χ1n) is 7.37. The summed E-state index contributed by atoms with van der Waals surface area (Å²) in [6, 6.07) is 4.68. The van der Waals surface area contributed by atoms with Gasteiger partial charge in [-0.2, -0.15) is 0 Å². The Labute approximate surface area is 125 Å². The Bertz CT molecular complexity index is 438. The lowest BCUT2D eigenvalue weighted by Gasteiger charge is -2.12. The summed E-state index contributed by atoms with van der Waals surface area (Å²) in [6.07, 6.45) is 1.99. The van der Waals surface area contributed by atoms with E-state index in [-0.39, 0.29) is 5.69 Å². The number of ether oxygens (including phenoxy) is 2. The molecule has 6 nitrogen and oxygen atoms in total. The van der Waals surface area contributed by atoms with Gasteiger partial charge >= 0.3 is 0 Å². The Morgan fingerprint density at radius 1 is 1.19 bits per heavy atom. The first kappa shape index (κ1) is 17.4. The Morgan fingerprint density at radius 3 is 2.67 bits per heavy atom. The maximum absolute atomic E-state index is 10.9. The average molecular weight is 296 g/mol. The normalized spacial score (nSPS) is 10.6. The van der Waals surface area contributed by atoms with Crippen LogP contribution < -0.4 is 10.1 Å². The van der Waals surface area contributed by atoms with Crippen molar-refractivity contribution in [3.63, 3.8) is 0 Å². The molecule has 0 heterocycles. The zero-order valence-electron chi connectivity index (χ0n) is 12.8. The summed E-state index contributed by atoms with van der Waals surface area (Å²) in [4.78, 5) is 10.5. The van der Waals surface area contributed by atoms with E-state index in [9.17, 15) is 10.1 Å². The second-order valence-electron chi connectivity index (χ2n) is 4.69. The SMILES string of the molecule is CCCNCc1cc([N+](=O)[O-])ccc1OCCOCCC. The summed E-state index contributed by atoms with van der Waals surface area (Å²) in [6.45, 7) is 7.22. The van der Waals surface area contributed by atoms with Crippen molar-refractivity contribution >= 4 is 5.69 Å². The average Bonchev–Trinajstić information content (AvgIpc) is 2.48. The molecule has 1 aromatic carbocycles. The Balaban J connectivity index is 2.64. The van der Waals surface area contributed by atoms with E-state index in [1.54, 1.807) is 12.1 Å². The molecular weight excluding hydrogens is 272 g/mol. The van der Waals surface area contributed by atoms with E-state index >= 15 is 0 Å². The summed E-state index contributed by atoms with van der Waals surface area (Å²) in [5.74, 6) is 0.671. The van der Waals surface area contributed by atoms with Crippen LogP contribution in [0.5, 0.6) is 5.75 Å². The molecule has 21 heavy (non-hydrogen) atoms. The number of rotatable bonds is 11. The van der Waals surface area contributed by atoms with Crippen molar-refractivity contribution < 1.29 is 14.4 Å². The van der Waals surface area contributed by atoms with Crippen LogP contribution in [0.15, 0.2) is 18.2 Å². The molecule has 1 N–H and O–H groups in total. The lowest BCUT2D eigenvalue weighted by molar-refractivity contribution is -0.384. The third-order valence-electron chi connectivity index (χ3n) is 2.83. The number of non-ortho nitro benzene ring substituents is 1. The Hall–Kier alpha value is -1.66. The van der Waals surface area contributed by atoms with E-state index in [1.807, 2.05) is 0 Å². The minimum Gasteiger partial charge on any atom is -0.491 e. The molecule has 0 spiro atoms. The lowest BCUT2D eigenvalue weighted by Crippen LogP contribution is -2.15. The molecule has 0 bridgehead atoms. The van der Waals surface area contributed by atoms with E-state index in [1.165, 1.54) is 6.07 Å². The lowest BCUT2D eigenvalue weighted by atomic mass is 10.1. The van der Waals surface area contributed by atoms with Gasteiger partial charge in [0.1, 0.15) is 12.4 Å². The third-order valence-corrected chi connectivity index (χ3v) is 2.83. The van der Waals surface area contributed by atoms with E-state index in [0.717, 1.165) is 24.9 Å². The minimum absolute atomic E-state index is 0.0814. The molecule has 0 aliphatic heterocycles. The van der Waals surface area contributed by atoms with Crippen LogP contribution >= 0.6 is 0 Å². The van der Waals surface area contributed by atoms with Gasteiger partial charge in [0.2, 0.25) is 0 Å². The van der Waals surface area contributed by atoms with E-state index in [0.29, 0.717) is 32.1 Å². The summed E-state index contributed by atoms with van der Waals surface area (Å²) < 4.78 is 11.0. The van der Waals surface area contributed by atoms with Gasteiger partial charge in [-0.3, -0.25) is 10.1 Å². The minimum atomic E-state index is -0.391. The fraction of sp³-hybridized carbons (Fsp3) is 0.600. The maximum atomic E-state index is 10.9. The number of nitrogens with one attached hydrogen (secondary N) is 1. The number of nitro groups is 1. The van der Waals surface area contributed by atoms with Crippen molar-refractivity contribution in [1.82, 2.24) is 5.32 Å². The Kier molecular flexibility index (Phi) is 8.38. The van der Waals surface area contributed by atoms with Crippen LogP contribution in [0.4, 0.5) is 5.69 Å². The van der Waals surface area contributed by atoms with E-state index in [4.69, 9.17) is 9.47 Å². The molecule has 1 aromatic rings. The van der Waals surface area contributed by atoms with Crippen molar-refractivity contribution in [2.24, 2.45) is 0 Å². The smallest absolute Gasteiger partial charge is 0.270 e. The quantitative estimate of drug-likeness (QED) is 0.386. The van der Waals surface area contributed by atoms with Crippen molar-refractivity contribution in [1.29, 1.82) is 0 Å². The molecule has 6 heteroatoms. The van der Waals surface area contributed by atoms with Crippen LogP contribution in [0, 0.1) is 10.1 Å². The second kappa shape index (κ2) is 10.1. The molecule has 0 amide bonds. The Morgan fingerprint density at radius 2 is 2.00 bits per heavy atom. The number of benzene rings is 1. The molecule has 0 aliphatic carbocycles. The highest BCUT2D eigenvalue weighted by atomic mass is 16.6. The van der Waals surface area contributed by atoms with Gasteiger partial charge in [-0.1, -0.05) is 13.8 Å². The van der Waals surface area contributed by atoms with Gasteiger partial charge in [-0.15, -0.1) is 0 Å². The van der Waals surface area contributed by atoms with Crippen molar-refractivity contribution in [3.05, 3.63) is 33.9 Å². The van der Waals surface area contributed by atoms with Gasteiger partial charge in [0.15, 0.2) is 0 Å². The van der Waals surface area contributed by atoms with Crippen LogP contribution in [0.1, 0.15) is 32.3 Å². The van der Waals surface area contributed by atoms with Crippen LogP contribution in [-0.2, 0) is 11.3 Å². The predicted molar refractivity (Wildman–Crippen MR) is 81.7 cm³/mol. The molecule has 118 valence electrons. The first-order chi connectivity index (χ1) is 10.2.